The first-order valence-electron chi connectivity index (χ1n) is 6.59. The van der Waals surface area contributed by atoms with Gasteiger partial charge in [0.15, 0.2) is 6.04 Å². The SMILES string of the molecule is CCOc1ccccc1C(Nc1ccccc1F)C(=O)O. The minimum Gasteiger partial charge on any atom is -0.493 e. The van der Waals surface area contributed by atoms with Gasteiger partial charge in [-0.05, 0) is 25.1 Å². The van der Waals surface area contributed by atoms with Crippen molar-refractivity contribution in [3.05, 3.63) is 59.9 Å². The molecule has 0 radical (unpaired) electrons. The number of halogens is 1. The summed E-state index contributed by atoms with van der Waals surface area (Å²) in [7, 11) is 0. The molecule has 4 nitrogen and oxygen atoms in total. The molecule has 110 valence electrons. The number of carboxylic acid groups (broad SMARTS) is 1. The van der Waals surface area contributed by atoms with Crippen molar-refractivity contribution in [3.63, 3.8) is 0 Å². The van der Waals surface area contributed by atoms with Gasteiger partial charge < -0.3 is 15.2 Å². The zero-order valence-corrected chi connectivity index (χ0v) is 11.5. The van der Waals surface area contributed by atoms with Crippen molar-refractivity contribution in [2.75, 3.05) is 11.9 Å². The van der Waals surface area contributed by atoms with Crippen LogP contribution in [0.15, 0.2) is 48.5 Å². The molecule has 2 aromatic rings. The molecule has 0 heterocycles. The second-order valence-corrected chi connectivity index (χ2v) is 4.37. The van der Waals surface area contributed by atoms with Crippen molar-refractivity contribution in [2.24, 2.45) is 0 Å². The summed E-state index contributed by atoms with van der Waals surface area (Å²) in [6.45, 7) is 2.24. The van der Waals surface area contributed by atoms with E-state index in [4.69, 9.17) is 4.74 Å². The van der Waals surface area contributed by atoms with Gasteiger partial charge in [0.2, 0.25) is 0 Å². The second-order valence-electron chi connectivity index (χ2n) is 4.37. The van der Waals surface area contributed by atoms with Crippen LogP contribution in [0.5, 0.6) is 5.75 Å². The van der Waals surface area contributed by atoms with E-state index in [0.29, 0.717) is 17.9 Å². The second kappa shape index (κ2) is 6.74. The molecule has 0 bridgehead atoms. The van der Waals surface area contributed by atoms with Crippen LogP contribution in [0.4, 0.5) is 10.1 Å². The molecule has 21 heavy (non-hydrogen) atoms. The number of carboxylic acids is 1. The minimum absolute atomic E-state index is 0.135. The van der Waals surface area contributed by atoms with E-state index in [2.05, 4.69) is 5.32 Å². The van der Waals surface area contributed by atoms with E-state index in [-0.39, 0.29) is 5.69 Å². The molecule has 2 rings (SSSR count). The van der Waals surface area contributed by atoms with Crippen LogP contribution in [0, 0.1) is 5.82 Å². The number of hydrogen-bond donors (Lipinski definition) is 2. The van der Waals surface area contributed by atoms with Crippen LogP contribution in [-0.4, -0.2) is 17.7 Å². The third-order valence-corrected chi connectivity index (χ3v) is 2.95. The van der Waals surface area contributed by atoms with Crippen molar-refractivity contribution in [2.45, 2.75) is 13.0 Å². The number of carbonyl (C=O) groups is 1. The third-order valence-electron chi connectivity index (χ3n) is 2.95. The van der Waals surface area contributed by atoms with E-state index < -0.39 is 17.8 Å². The first-order valence-corrected chi connectivity index (χ1v) is 6.59. The van der Waals surface area contributed by atoms with E-state index >= 15 is 0 Å². The van der Waals surface area contributed by atoms with Crippen LogP contribution in [-0.2, 0) is 4.79 Å². The van der Waals surface area contributed by atoms with Gasteiger partial charge in [0.1, 0.15) is 11.6 Å². The number of benzene rings is 2. The Kier molecular flexibility index (Phi) is 4.77. The molecule has 0 amide bonds. The zero-order chi connectivity index (χ0) is 15.2. The maximum atomic E-state index is 13.7. The van der Waals surface area contributed by atoms with Crippen LogP contribution in [0.25, 0.3) is 0 Å². The fourth-order valence-electron chi connectivity index (χ4n) is 2.01. The molecule has 1 unspecified atom stereocenters. The fourth-order valence-corrected chi connectivity index (χ4v) is 2.01. The van der Waals surface area contributed by atoms with E-state index in [1.54, 1.807) is 36.4 Å². The van der Waals surface area contributed by atoms with Crippen LogP contribution >= 0.6 is 0 Å². The summed E-state index contributed by atoms with van der Waals surface area (Å²) in [5.41, 5.74) is 0.589. The standard InChI is InChI=1S/C16H16FNO3/c1-2-21-14-10-6-3-7-11(14)15(16(19)20)18-13-9-5-4-8-12(13)17/h3-10,15,18H,2H2,1H3,(H,19,20). The molecule has 0 aliphatic rings. The maximum Gasteiger partial charge on any atom is 0.330 e. The number of aliphatic carboxylic acids is 1. The summed E-state index contributed by atoms with van der Waals surface area (Å²) in [6.07, 6.45) is 0. The molecule has 2 N–H and O–H groups in total. The van der Waals surface area contributed by atoms with Crippen LogP contribution < -0.4 is 10.1 Å². The lowest BCUT2D eigenvalue weighted by atomic mass is 10.1. The molecule has 0 aliphatic carbocycles. The van der Waals surface area contributed by atoms with E-state index in [9.17, 15) is 14.3 Å². The Morgan fingerprint density at radius 3 is 2.57 bits per heavy atom. The minimum atomic E-state index is -1.11. The van der Waals surface area contributed by atoms with E-state index in [1.165, 1.54) is 12.1 Å². The number of hydrogen-bond acceptors (Lipinski definition) is 3. The van der Waals surface area contributed by atoms with Crippen LogP contribution in [0.2, 0.25) is 0 Å². The molecular weight excluding hydrogens is 273 g/mol. The van der Waals surface area contributed by atoms with Crippen molar-refractivity contribution >= 4 is 11.7 Å². The number of ether oxygens (including phenoxy) is 1. The quantitative estimate of drug-likeness (QED) is 0.855. The maximum absolute atomic E-state index is 13.7. The van der Waals surface area contributed by atoms with Gasteiger partial charge in [0.25, 0.3) is 0 Å². The van der Waals surface area contributed by atoms with Gasteiger partial charge in [-0.1, -0.05) is 30.3 Å². The average Bonchev–Trinajstić information content (AvgIpc) is 2.47. The van der Waals surface area contributed by atoms with Crippen molar-refractivity contribution in [1.82, 2.24) is 0 Å². The Bertz CT molecular complexity index is 630. The monoisotopic (exact) mass is 289 g/mol. The summed E-state index contributed by atoms with van der Waals surface area (Å²) in [4.78, 5) is 11.5. The molecule has 2 aromatic carbocycles. The molecule has 0 aliphatic heterocycles. The highest BCUT2D eigenvalue weighted by atomic mass is 19.1. The van der Waals surface area contributed by atoms with E-state index in [0.717, 1.165) is 0 Å². The van der Waals surface area contributed by atoms with Crippen LogP contribution in [0.1, 0.15) is 18.5 Å². The normalized spacial score (nSPS) is 11.7. The van der Waals surface area contributed by atoms with Crippen LogP contribution in [0.3, 0.4) is 0 Å². The van der Waals surface area contributed by atoms with Crippen molar-refractivity contribution < 1.29 is 19.0 Å². The molecule has 0 saturated carbocycles. The summed E-state index contributed by atoms with van der Waals surface area (Å²) in [5, 5.41) is 12.1. The Balaban J connectivity index is 2.36. The lowest BCUT2D eigenvalue weighted by molar-refractivity contribution is -0.138. The molecule has 0 saturated heterocycles. The van der Waals surface area contributed by atoms with Gasteiger partial charge in [-0.2, -0.15) is 0 Å². The Labute approximate surface area is 122 Å². The van der Waals surface area contributed by atoms with Gasteiger partial charge in [0, 0.05) is 5.56 Å². The average molecular weight is 289 g/mol. The molecule has 0 fully saturated rings. The largest absolute Gasteiger partial charge is 0.493 e. The summed E-state index contributed by atoms with van der Waals surface area (Å²) in [6, 6.07) is 11.7. The molecule has 1 atom stereocenters. The van der Waals surface area contributed by atoms with E-state index in [1.807, 2.05) is 6.92 Å². The Hall–Kier alpha value is -2.56. The first kappa shape index (κ1) is 14.8. The van der Waals surface area contributed by atoms with Gasteiger partial charge in [-0.3, -0.25) is 0 Å². The van der Waals surface area contributed by atoms with Gasteiger partial charge in [-0.15, -0.1) is 0 Å². The highest BCUT2D eigenvalue weighted by Gasteiger charge is 2.24. The third kappa shape index (κ3) is 3.51. The topological polar surface area (TPSA) is 58.6 Å². The highest BCUT2D eigenvalue weighted by Crippen LogP contribution is 2.29. The highest BCUT2D eigenvalue weighted by molar-refractivity contribution is 5.80. The fraction of sp³-hybridized carbons (Fsp3) is 0.188. The van der Waals surface area contributed by atoms with Gasteiger partial charge >= 0.3 is 5.97 Å². The van der Waals surface area contributed by atoms with Crippen molar-refractivity contribution in [1.29, 1.82) is 0 Å². The van der Waals surface area contributed by atoms with Gasteiger partial charge in [0.05, 0.1) is 12.3 Å². The Morgan fingerprint density at radius 1 is 1.24 bits per heavy atom. The number of rotatable bonds is 6. The summed E-state index contributed by atoms with van der Waals surface area (Å²) >= 11 is 0. The predicted molar refractivity (Wildman–Crippen MR) is 78.0 cm³/mol. The zero-order valence-electron chi connectivity index (χ0n) is 11.5. The summed E-state index contributed by atoms with van der Waals surface area (Å²) in [5.74, 6) is -1.14. The first-order chi connectivity index (χ1) is 10.1. The number of para-hydroxylation sites is 2. The Morgan fingerprint density at radius 2 is 1.90 bits per heavy atom. The molecule has 0 spiro atoms. The molecule has 0 aromatic heterocycles. The molecular formula is C16H16FNO3. The number of anilines is 1. The lowest BCUT2D eigenvalue weighted by Crippen LogP contribution is -2.21. The number of nitrogens with one attached hydrogen (secondary N) is 1. The molecule has 5 heteroatoms. The predicted octanol–water partition coefficient (Wildman–Crippen LogP) is 3.46. The van der Waals surface area contributed by atoms with Gasteiger partial charge in [-0.25, -0.2) is 9.18 Å². The summed E-state index contributed by atoms with van der Waals surface area (Å²) < 4.78 is 19.1. The lowest BCUT2D eigenvalue weighted by Gasteiger charge is -2.19. The smallest absolute Gasteiger partial charge is 0.330 e. The van der Waals surface area contributed by atoms with Crippen molar-refractivity contribution in [3.8, 4) is 5.75 Å².